The van der Waals surface area contributed by atoms with Gasteiger partial charge in [0.1, 0.15) is 4.32 Å². The molecule has 3 rings (SSSR count). The van der Waals surface area contributed by atoms with Crippen molar-refractivity contribution in [3.05, 3.63) is 65.7 Å². The van der Waals surface area contributed by atoms with Crippen LogP contribution < -0.4 is 0 Å². The number of benzene rings is 2. The third-order valence-electron chi connectivity index (χ3n) is 3.44. The highest BCUT2D eigenvalue weighted by atomic mass is 79.9. The van der Waals surface area contributed by atoms with Gasteiger partial charge in [0, 0.05) is 16.2 Å². The molecule has 0 saturated carbocycles. The minimum Gasteiger partial charge on any atom is -0.292 e. The number of alkyl halides is 2. The Kier molecular flexibility index (Phi) is 4.07. The van der Waals surface area contributed by atoms with E-state index in [0.717, 1.165) is 16.0 Å². The molecule has 20 heavy (non-hydrogen) atoms. The summed E-state index contributed by atoms with van der Waals surface area (Å²) in [6.45, 7) is 0. The summed E-state index contributed by atoms with van der Waals surface area (Å²) in [7, 11) is 0. The molecule has 2 aromatic carbocycles. The van der Waals surface area contributed by atoms with E-state index in [4.69, 9.17) is 0 Å². The quantitative estimate of drug-likeness (QED) is 0.628. The van der Waals surface area contributed by atoms with Crippen molar-refractivity contribution in [2.45, 2.75) is 14.0 Å². The van der Waals surface area contributed by atoms with Gasteiger partial charge in [-0.25, -0.2) is 0 Å². The topological polar surface area (TPSA) is 17.1 Å². The van der Waals surface area contributed by atoms with Crippen molar-refractivity contribution >= 4 is 49.4 Å². The third-order valence-corrected chi connectivity index (χ3v) is 8.10. The van der Waals surface area contributed by atoms with Gasteiger partial charge in [0.2, 0.25) is 0 Å². The molecule has 0 aliphatic carbocycles. The van der Waals surface area contributed by atoms with Crippen LogP contribution in [-0.4, -0.2) is 15.9 Å². The van der Waals surface area contributed by atoms with Gasteiger partial charge >= 0.3 is 0 Å². The average molecular weight is 412 g/mol. The van der Waals surface area contributed by atoms with E-state index in [-0.39, 0.29) is 10.6 Å². The number of hydrogen-bond donors (Lipinski definition) is 0. The number of halogens is 2. The molecule has 0 bridgehead atoms. The smallest absolute Gasteiger partial charge is 0.182 e. The summed E-state index contributed by atoms with van der Waals surface area (Å²) in [5.41, 5.74) is 1.92. The zero-order chi connectivity index (χ0) is 14.2. The van der Waals surface area contributed by atoms with Crippen molar-refractivity contribution < 1.29 is 4.79 Å². The van der Waals surface area contributed by atoms with Gasteiger partial charge in [-0.2, -0.15) is 0 Å². The van der Waals surface area contributed by atoms with Gasteiger partial charge in [0.05, 0.1) is 4.83 Å². The Morgan fingerprint density at radius 2 is 1.70 bits per heavy atom. The molecule has 2 aromatic rings. The van der Waals surface area contributed by atoms with Gasteiger partial charge in [-0.05, 0) is 11.6 Å². The standard InChI is InChI=1S/C16H12Br2OS/c17-14(11-6-2-1-3-7-11)16(18)10-20-13-9-5-4-8-12(13)15(16)19/h1-9,14H,10H2. The van der Waals surface area contributed by atoms with Gasteiger partial charge in [0.15, 0.2) is 5.78 Å². The summed E-state index contributed by atoms with van der Waals surface area (Å²) in [5.74, 6) is 0.866. The molecule has 1 nitrogen and oxygen atoms in total. The second kappa shape index (κ2) is 5.66. The van der Waals surface area contributed by atoms with Crippen LogP contribution in [-0.2, 0) is 0 Å². The first-order valence-corrected chi connectivity index (χ1v) is 8.97. The maximum Gasteiger partial charge on any atom is 0.182 e. The van der Waals surface area contributed by atoms with E-state index in [1.165, 1.54) is 0 Å². The van der Waals surface area contributed by atoms with Crippen molar-refractivity contribution in [1.29, 1.82) is 0 Å². The van der Waals surface area contributed by atoms with E-state index < -0.39 is 4.32 Å². The lowest BCUT2D eigenvalue weighted by molar-refractivity contribution is 0.0950. The fourth-order valence-electron chi connectivity index (χ4n) is 2.33. The van der Waals surface area contributed by atoms with Gasteiger partial charge in [0.25, 0.3) is 0 Å². The van der Waals surface area contributed by atoms with Crippen molar-refractivity contribution in [1.82, 2.24) is 0 Å². The molecule has 1 heterocycles. The number of carbonyl (C=O) groups is 1. The number of ketones is 1. The molecule has 0 amide bonds. The summed E-state index contributed by atoms with van der Waals surface area (Å²) in [6.07, 6.45) is 0. The summed E-state index contributed by atoms with van der Waals surface area (Å²) < 4.78 is -0.604. The molecule has 2 atom stereocenters. The Labute approximate surface area is 139 Å². The molecule has 1 aliphatic heterocycles. The molecular formula is C16H12Br2OS. The van der Waals surface area contributed by atoms with Gasteiger partial charge in [-0.3, -0.25) is 4.79 Å². The number of fused-ring (bicyclic) bond motifs is 1. The highest BCUT2D eigenvalue weighted by Gasteiger charge is 2.46. The normalized spacial score (nSPS) is 23.2. The largest absolute Gasteiger partial charge is 0.292 e. The second-order valence-electron chi connectivity index (χ2n) is 4.75. The predicted molar refractivity (Wildman–Crippen MR) is 91.3 cm³/mol. The van der Waals surface area contributed by atoms with Crippen LogP contribution >= 0.6 is 43.6 Å². The molecule has 0 saturated heterocycles. The van der Waals surface area contributed by atoms with Crippen molar-refractivity contribution in [3.8, 4) is 0 Å². The van der Waals surface area contributed by atoms with Gasteiger partial charge in [-0.15, -0.1) is 11.8 Å². The summed E-state index contributed by atoms with van der Waals surface area (Å²) in [6, 6.07) is 17.9. The average Bonchev–Trinajstić information content (AvgIpc) is 2.51. The number of Topliss-reactive ketones (excluding diaryl/α,β-unsaturated/α-hetero) is 1. The number of rotatable bonds is 2. The van der Waals surface area contributed by atoms with Crippen molar-refractivity contribution in [2.75, 3.05) is 5.75 Å². The molecule has 4 heteroatoms. The Balaban J connectivity index is 2.00. The van der Waals surface area contributed by atoms with E-state index in [1.807, 2.05) is 54.6 Å². The van der Waals surface area contributed by atoms with Crippen LogP contribution in [0.2, 0.25) is 0 Å². The number of thioether (sulfide) groups is 1. The van der Waals surface area contributed by atoms with E-state index >= 15 is 0 Å². The number of carbonyl (C=O) groups excluding carboxylic acids is 1. The van der Waals surface area contributed by atoms with Gasteiger partial charge in [-0.1, -0.05) is 80.4 Å². The van der Waals surface area contributed by atoms with Crippen LogP contribution in [0.5, 0.6) is 0 Å². The minimum absolute atomic E-state index is 0.0513. The van der Waals surface area contributed by atoms with E-state index in [1.54, 1.807) is 11.8 Å². The Hall–Kier alpha value is -0.580. The fourth-order valence-corrected chi connectivity index (χ4v) is 5.19. The van der Waals surface area contributed by atoms with Crippen LogP contribution in [0.15, 0.2) is 59.5 Å². The molecular weight excluding hydrogens is 400 g/mol. The van der Waals surface area contributed by atoms with Crippen LogP contribution in [0.25, 0.3) is 0 Å². The summed E-state index contributed by atoms with van der Waals surface area (Å²) in [4.78, 5) is 13.9. The lowest BCUT2D eigenvalue weighted by atomic mass is 9.92. The van der Waals surface area contributed by atoms with Gasteiger partial charge < -0.3 is 0 Å². The zero-order valence-electron chi connectivity index (χ0n) is 10.6. The highest BCUT2D eigenvalue weighted by molar-refractivity contribution is 9.12. The lowest BCUT2D eigenvalue weighted by Gasteiger charge is -2.35. The maximum absolute atomic E-state index is 12.9. The predicted octanol–water partition coefficient (Wildman–Crippen LogP) is 5.24. The molecule has 2 unspecified atom stereocenters. The molecule has 0 N–H and O–H groups in total. The third kappa shape index (κ3) is 2.38. The first-order valence-electron chi connectivity index (χ1n) is 6.27. The Morgan fingerprint density at radius 3 is 2.45 bits per heavy atom. The maximum atomic E-state index is 12.9. The molecule has 0 aromatic heterocycles. The van der Waals surface area contributed by atoms with E-state index in [2.05, 4.69) is 31.9 Å². The zero-order valence-corrected chi connectivity index (χ0v) is 14.5. The molecule has 0 radical (unpaired) electrons. The Bertz CT molecular complexity index is 644. The molecule has 0 spiro atoms. The molecule has 0 fully saturated rings. The van der Waals surface area contributed by atoms with Crippen LogP contribution in [0, 0.1) is 0 Å². The first kappa shape index (κ1) is 14.4. The van der Waals surface area contributed by atoms with Crippen LogP contribution in [0.1, 0.15) is 20.7 Å². The monoisotopic (exact) mass is 410 g/mol. The van der Waals surface area contributed by atoms with Crippen molar-refractivity contribution in [3.63, 3.8) is 0 Å². The molecule has 1 aliphatic rings. The van der Waals surface area contributed by atoms with E-state index in [0.29, 0.717) is 5.75 Å². The minimum atomic E-state index is -0.604. The lowest BCUT2D eigenvalue weighted by Crippen LogP contribution is -2.41. The summed E-state index contributed by atoms with van der Waals surface area (Å²) in [5, 5.41) is 0. The van der Waals surface area contributed by atoms with E-state index in [9.17, 15) is 4.79 Å². The highest BCUT2D eigenvalue weighted by Crippen LogP contribution is 2.49. The molecule has 102 valence electrons. The van der Waals surface area contributed by atoms with Crippen molar-refractivity contribution in [2.24, 2.45) is 0 Å². The Morgan fingerprint density at radius 1 is 1.05 bits per heavy atom. The second-order valence-corrected chi connectivity index (χ2v) is 8.10. The fraction of sp³-hybridized carbons (Fsp3) is 0.188. The van der Waals surface area contributed by atoms with Crippen LogP contribution in [0.4, 0.5) is 0 Å². The van der Waals surface area contributed by atoms with Crippen LogP contribution in [0.3, 0.4) is 0 Å². The number of hydrogen-bond acceptors (Lipinski definition) is 2. The SMILES string of the molecule is O=C1c2ccccc2SCC1(Br)C(Br)c1ccccc1. The summed E-state index contributed by atoms with van der Waals surface area (Å²) >= 11 is 9.16. The first-order chi connectivity index (χ1) is 9.63.